The molecule has 0 aliphatic carbocycles. The molecule has 9 heteroatoms. The number of aromatic nitrogens is 3. The molecule has 0 bridgehead atoms. The van der Waals surface area contributed by atoms with Crippen LogP contribution < -0.4 is 5.32 Å². The number of carbonyl (C=O) groups excluding carboxylic acids is 1. The predicted octanol–water partition coefficient (Wildman–Crippen LogP) is 5.08. The maximum Gasteiger partial charge on any atom is 0.268 e. The van der Waals surface area contributed by atoms with Crippen molar-refractivity contribution in [1.29, 1.82) is 10.5 Å². The minimum atomic E-state index is -0.507. The van der Waals surface area contributed by atoms with Gasteiger partial charge in [-0.1, -0.05) is 42.2 Å². The summed E-state index contributed by atoms with van der Waals surface area (Å²) < 4.78 is 2.89. The van der Waals surface area contributed by atoms with Gasteiger partial charge in [-0.15, -0.1) is 10.2 Å². The molecule has 1 N–H and O–H groups in total. The van der Waals surface area contributed by atoms with E-state index >= 15 is 0 Å². The fourth-order valence-electron chi connectivity index (χ4n) is 3.15. The van der Waals surface area contributed by atoms with Crippen molar-refractivity contribution in [3.8, 4) is 12.1 Å². The third-order valence-corrected chi connectivity index (χ3v) is 6.84. The lowest BCUT2D eigenvalue weighted by Gasteiger charge is -2.07. The number of carbonyl (C=O) groups is 1. The van der Waals surface area contributed by atoms with Crippen molar-refractivity contribution >= 4 is 40.2 Å². The molecule has 32 heavy (non-hydrogen) atoms. The van der Waals surface area contributed by atoms with Crippen molar-refractivity contribution < 1.29 is 4.79 Å². The highest BCUT2D eigenvalue weighted by Crippen LogP contribution is 2.28. The monoisotopic (exact) mass is 462 g/mol. The average Bonchev–Trinajstić information content (AvgIpc) is 3.35. The van der Waals surface area contributed by atoms with Crippen LogP contribution in [0.15, 0.2) is 40.2 Å². The number of nitrogens with zero attached hydrogens (tertiary/aromatic N) is 5. The molecule has 0 atom stereocenters. The quantitative estimate of drug-likeness (QED) is 0.217. The highest BCUT2D eigenvalue weighted by atomic mass is 32.2. The van der Waals surface area contributed by atoms with Gasteiger partial charge in [-0.2, -0.15) is 10.5 Å². The Labute approximate surface area is 195 Å². The zero-order chi connectivity index (χ0) is 23.1. The summed E-state index contributed by atoms with van der Waals surface area (Å²) in [4.78, 5) is 12.6. The molecule has 7 nitrogen and oxygen atoms in total. The lowest BCUT2D eigenvalue weighted by atomic mass is 10.1. The van der Waals surface area contributed by atoms with Gasteiger partial charge in [0.15, 0.2) is 4.34 Å². The van der Waals surface area contributed by atoms with E-state index in [2.05, 4.69) is 33.1 Å². The van der Waals surface area contributed by atoms with Gasteiger partial charge in [-0.3, -0.25) is 10.1 Å². The van der Waals surface area contributed by atoms with Crippen molar-refractivity contribution in [3.05, 3.63) is 64.0 Å². The predicted molar refractivity (Wildman–Crippen MR) is 127 cm³/mol. The van der Waals surface area contributed by atoms with E-state index in [0.717, 1.165) is 35.5 Å². The second-order valence-corrected chi connectivity index (χ2v) is 9.27. The Hall–Kier alpha value is -3.40. The van der Waals surface area contributed by atoms with Crippen LogP contribution in [-0.4, -0.2) is 20.7 Å². The maximum atomic E-state index is 12.6. The van der Waals surface area contributed by atoms with Crippen molar-refractivity contribution in [2.24, 2.45) is 0 Å². The number of hydrogen-bond acceptors (Lipinski definition) is 7. The van der Waals surface area contributed by atoms with Gasteiger partial charge in [-0.25, -0.2) is 0 Å². The Morgan fingerprint density at radius 1 is 1.25 bits per heavy atom. The molecular weight excluding hydrogens is 440 g/mol. The molecule has 0 aliphatic rings. The number of anilines is 1. The van der Waals surface area contributed by atoms with E-state index in [9.17, 15) is 10.1 Å². The fourth-order valence-corrected chi connectivity index (χ4v) is 4.85. The second-order valence-electron chi connectivity index (χ2n) is 7.07. The molecule has 162 valence electrons. The smallest absolute Gasteiger partial charge is 0.268 e. The third kappa shape index (κ3) is 5.64. The van der Waals surface area contributed by atoms with Gasteiger partial charge < -0.3 is 4.57 Å². The molecule has 0 radical (unpaired) electrons. The Morgan fingerprint density at radius 3 is 2.66 bits per heavy atom. The van der Waals surface area contributed by atoms with E-state index in [-0.39, 0.29) is 5.57 Å². The molecule has 3 rings (SSSR count). The zero-order valence-corrected chi connectivity index (χ0v) is 19.7. The van der Waals surface area contributed by atoms with E-state index in [0.29, 0.717) is 20.8 Å². The van der Waals surface area contributed by atoms with Crippen molar-refractivity contribution in [2.45, 2.75) is 43.8 Å². The summed E-state index contributed by atoms with van der Waals surface area (Å²) >= 11 is 2.75. The molecule has 1 amide bonds. The van der Waals surface area contributed by atoms with Crippen LogP contribution in [0.25, 0.3) is 6.08 Å². The maximum absolute atomic E-state index is 12.6. The number of nitriles is 2. The van der Waals surface area contributed by atoms with E-state index in [4.69, 9.17) is 5.26 Å². The van der Waals surface area contributed by atoms with Gasteiger partial charge in [0.25, 0.3) is 5.91 Å². The summed E-state index contributed by atoms with van der Waals surface area (Å²) in [7, 11) is 0. The number of benzene rings is 1. The first-order chi connectivity index (χ1) is 15.4. The summed E-state index contributed by atoms with van der Waals surface area (Å²) in [6.45, 7) is 7.02. The number of aryl methyl sites for hydroxylation is 1. The minimum absolute atomic E-state index is 0.0173. The third-order valence-electron chi connectivity index (χ3n) is 4.80. The molecule has 0 unspecified atom stereocenters. The summed E-state index contributed by atoms with van der Waals surface area (Å²) in [5, 5.41) is 29.5. The van der Waals surface area contributed by atoms with Gasteiger partial charge in [0.2, 0.25) is 5.13 Å². The van der Waals surface area contributed by atoms with Gasteiger partial charge in [0.05, 0.1) is 11.6 Å². The topological polar surface area (TPSA) is 107 Å². The normalized spacial score (nSPS) is 11.1. The molecule has 1 aromatic carbocycles. The van der Waals surface area contributed by atoms with E-state index < -0.39 is 5.91 Å². The summed E-state index contributed by atoms with van der Waals surface area (Å²) in [6.07, 6.45) is 2.62. The van der Waals surface area contributed by atoms with Crippen molar-refractivity contribution in [3.63, 3.8) is 0 Å². The number of amides is 1. The van der Waals surface area contributed by atoms with Gasteiger partial charge in [0, 0.05) is 23.7 Å². The average molecular weight is 463 g/mol. The molecule has 0 saturated heterocycles. The van der Waals surface area contributed by atoms with Gasteiger partial charge >= 0.3 is 0 Å². The summed E-state index contributed by atoms with van der Waals surface area (Å²) in [6, 6.07) is 13.4. The van der Waals surface area contributed by atoms with Crippen LogP contribution in [0.1, 0.15) is 41.4 Å². The first kappa shape index (κ1) is 23.3. The van der Waals surface area contributed by atoms with Crippen LogP contribution >= 0.6 is 23.1 Å². The first-order valence-corrected chi connectivity index (χ1v) is 11.8. The Kier molecular flexibility index (Phi) is 7.82. The minimum Gasteiger partial charge on any atom is -0.349 e. The number of hydrogen-bond donors (Lipinski definition) is 1. The summed E-state index contributed by atoms with van der Waals surface area (Å²) in [5.74, 6) is 0.165. The molecule has 0 fully saturated rings. The van der Waals surface area contributed by atoms with E-state index in [1.165, 1.54) is 23.1 Å². The van der Waals surface area contributed by atoms with Crippen LogP contribution in [0, 0.1) is 36.5 Å². The first-order valence-electron chi connectivity index (χ1n) is 10.00. The molecule has 3 aromatic rings. The molecule has 2 aromatic heterocycles. The van der Waals surface area contributed by atoms with Crippen molar-refractivity contribution in [2.75, 3.05) is 5.32 Å². The standard InChI is InChI=1S/C23H22N6OS2/c1-4-9-29-15(2)10-19(16(29)3)11-20(13-25)21(30)26-22-27-28-23(32-22)31-14-18-7-5-17(12-24)6-8-18/h5-8,10-11H,4,9,14H2,1-3H3,(H,26,27,30)/b20-11-. The largest absolute Gasteiger partial charge is 0.349 e. The number of rotatable bonds is 8. The second kappa shape index (κ2) is 10.8. The Morgan fingerprint density at radius 2 is 2.00 bits per heavy atom. The Balaban J connectivity index is 1.65. The summed E-state index contributed by atoms with van der Waals surface area (Å²) in [5.41, 5.74) is 4.68. The zero-order valence-electron chi connectivity index (χ0n) is 18.0. The fraction of sp³-hybridized carbons (Fsp3) is 0.261. The van der Waals surface area contributed by atoms with Gasteiger partial charge in [-0.05, 0) is 55.7 Å². The van der Waals surface area contributed by atoms with E-state index in [1.54, 1.807) is 18.2 Å². The van der Waals surface area contributed by atoms with Crippen LogP contribution in [0.5, 0.6) is 0 Å². The van der Waals surface area contributed by atoms with E-state index in [1.807, 2.05) is 38.1 Å². The molecular formula is C23H22N6OS2. The highest BCUT2D eigenvalue weighted by molar-refractivity contribution is 8.00. The van der Waals surface area contributed by atoms with Crippen LogP contribution in [0.4, 0.5) is 5.13 Å². The number of thioether (sulfide) groups is 1. The molecule has 2 heterocycles. The Bertz CT molecular complexity index is 1220. The lowest BCUT2D eigenvalue weighted by Crippen LogP contribution is -2.13. The van der Waals surface area contributed by atoms with Crippen LogP contribution in [-0.2, 0) is 17.1 Å². The SMILES string of the molecule is CCCn1c(C)cc(/C=C(/C#N)C(=O)Nc2nnc(SCc3ccc(C#N)cc3)s2)c1C. The lowest BCUT2D eigenvalue weighted by molar-refractivity contribution is -0.112. The van der Waals surface area contributed by atoms with Crippen LogP contribution in [0.3, 0.4) is 0 Å². The van der Waals surface area contributed by atoms with Crippen LogP contribution in [0.2, 0.25) is 0 Å². The molecule has 0 saturated carbocycles. The van der Waals surface area contributed by atoms with Crippen molar-refractivity contribution in [1.82, 2.24) is 14.8 Å². The van der Waals surface area contributed by atoms with Gasteiger partial charge in [0.1, 0.15) is 11.6 Å². The molecule has 0 aliphatic heterocycles. The molecule has 0 spiro atoms. The number of nitrogens with one attached hydrogen (secondary N) is 1. The highest BCUT2D eigenvalue weighted by Gasteiger charge is 2.15.